The third-order valence-corrected chi connectivity index (χ3v) is 6.46. The number of carbonyl (C=O) groups excluding carboxylic acids is 2. The first-order valence-corrected chi connectivity index (χ1v) is 12.8. The number of rotatable bonds is 12. The first-order valence-electron chi connectivity index (χ1n) is 11.4. The molecule has 0 spiro atoms. The van der Waals surface area contributed by atoms with E-state index in [1.165, 1.54) is 11.8 Å². The Labute approximate surface area is 215 Å². The molecule has 0 saturated carbocycles. The number of carbonyl (C=O) groups is 2. The molecule has 0 fully saturated rings. The Bertz CT molecular complexity index is 1150. The number of amides is 2. The van der Waals surface area contributed by atoms with Gasteiger partial charge in [0.05, 0.1) is 22.4 Å². The second kappa shape index (κ2) is 13.1. The van der Waals surface area contributed by atoms with Gasteiger partial charge in [-0.15, -0.1) is 16.8 Å². The van der Waals surface area contributed by atoms with E-state index >= 15 is 0 Å². The first-order chi connectivity index (χ1) is 16.9. The number of hydrogen-bond acceptors (Lipinski definition) is 5. The molecule has 0 saturated heterocycles. The zero-order valence-corrected chi connectivity index (χ0v) is 21.5. The molecule has 0 radical (unpaired) electrons. The molecule has 0 aliphatic heterocycles. The number of aromatic nitrogens is 3. The van der Waals surface area contributed by atoms with Crippen LogP contribution in [0.25, 0.3) is 0 Å². The third-order valence-electron chi connectivity index (χ3n) is 5.16. The molecule has 7 nitrogen and oxygen atoms in total. The largest absolute Gasteiger partial charge is 0.351 e. The molecule has 3 aromatic rings. The van der Waals surface area contributed by atoms with Gasteiger partial charge in [0, 0.05) is 13.1 Å². The lowest BCUT2D eigenvalue weighted by atomic mass is 10.0. The highest BCUT2D eigenvalue weighted by molar-refractivity contribution is 7.99. The number of halogens is 1. The fraction of sp³-hybridized carbons (Fsp3) is 0.308. The lowest BCUT2D eigenvalue weighted by Crippen LogP contribution is -2.32. The van der Waals surface area contributed by atoms with Crippen molar-refractivity contribution in [2.45, 2.75) is 44.6 Å². The Morgan fingerprint density at radius 3 is 2.51 bits per heavy atom. The van der Waals surface area contributed by atoms with Gasteiger partial charge in [0.15, 0.2) is 11.0 Å². The van der Waals surface area contributed by atoms with Gasteiger partial charge in [0.2, 0.25) is 5.91 Å². The maximum atomic E-state index is 13.0. The van der Waals surface area contributed by atoms with Crippen LogP contribution in [0.2, 0.25) is 5.02 Å². The van der Waals surface area contributed by atoms with Gasteiger partial charge in [0.1, 0.15) is 0 Å². The highest BCUT2D eigenvalue weighted by atomic mass is 35.5. The molecule has 0 aliphatic carbocycles. The maximum absolute atomic E-state index is 13.0. The summed E-state index contributed by atoms with van der Waals surface area (Å²) in [5, 5.41) is 15.7. The summed E-state index contributed by atoms with van der Waals surface area (Å²) in [7, 11) is 0. The van der Waals surface area contributed by atoms with Crippen molar-refractivity contribution < 1.29 is 9.59 Å². The molecule has 184 valence electrons. The number of hydrogen-bond donors (Lipinski definition) is 2. The zero-order valence-electron chi connectivity index (χ0n) is 19.9. The lowest BCUT2D eigenvalue weighted by Gasteiger charge is -2.21. The Hall–Kier alpha value is -3.10. The van der Waals surface area contributed by atoms with E-state index in [2.05, 4.69) is 41.3 Å². The van der Waals surface area contributed by atoms with E-state index in [0.29, 0.717) is 47.0 Å². The minimum absolute atomic E-state index is 0.0979. The van der Waals surface area contributed by atoms with Gasteiger partial charge >= 0.3 is 0 Å². The third kappa shape index (κ3) is 7.70. The van der Waals surface area contributed by atoms with Crippen LogP contribution in [0.3, 0.4) is 0 Å². The maximum Gasteiger partial charge on any atom is 0.253 e. The first kappa shape index (κ1) is 26.5. The highest BCUT2D eigenvalue weighted by Gasteiger charge is 2.25. The van der Waals surface area contributed by atoms with Crippen LogP contribution in [0, 0.1) is 5.92 Å². The summed E-state index contributed by atoms with van der Waals surface area (Å²) >= 11 is 7.53. The lowest BCUT2D eigenvalue weighted by molar-refractivity contribution is -0.118. The van der Waals surface area contributed by atoms with Crippen molar-refractivity contribution in [2.24, 2.45) is 5.92 Å². The SMILES string of the molecule is C=CCn1c(SCC(=O)NCc2ccccc2)nnc1[C@H](CC(C)C)NC(=O)c1ccccc1Cl. The Morgan fingerprint density at radius 1 is 1.11 bits per heavy atom. The van der Waals surface area contributed by atoms with Gasteiger partial charge in [-0.05, 0) is 30.0 Å². The van der Waals surface area contributed by atoms with Crippen LogP contribution in [0.4, 0.5) is 0 Å². The molecule has 3 rings (SSSR count). The second-order valence-corrected chi connectivity index (χ2v) is 9.78. The Kier molecular flexibility index (Phi) is 9.93. The van der Waals surface area contributed by atoms with Gasteiger partial charge in [-0.25, -0.2) is 0 Å². The number of nitrogens with zero attached hydrogens (tertiary/aromatic N) is 3. The molecular weight excluding hydrogens is 482 g/mol. The van der Waals surface area contributed by atoms with Crippen molar-refractivity contribution in [3.63, 3.8) is 0 Å². The average Bonchev–Trinajstić information content (AvgIpc) is 3.24. The normalized spacial score (nSPS) is 11.8. The van der Waals surface area contributed by atoms with E-state index in [1.807, 2.05) is 34.9 Å². The number of allylic oxidation sites excluding steroid dienone is 1. The van der Waals surface area contributed by atoms with E-state index in [9.17, 15) is 9.59 Å². The molecule has 0 aliphatic rings. The number of thioether (sulfide) groups is 1. The monoisotopic (exact) mass is 511 g/mol. The minimum atomic E-state index is -0.382. The molecular formula is C26H30ClN5O2S. The summed E-state index contributed by atoms with van der Waals surface area (Å²) in [5.74, 6) is 0.734. The van der Waals surface area contributed by atoms with E-state index < -0.39 is 0 Å². The Balaban J connectivity index is 1.73. The van der Waals surface area contributed by atoms with Crippen LogP contribution in [-0.2, 0) is 17.9 Å². The smallest absolute Gasteiger partial charge is 0.253 e. The number of nitrogens with one attached hydrogen (secondary N) is 2. The van der Waals surface area contributed by atoms with Crippen LogP contribution in [0.15, 0.2) is 72.4 Å². The van der Waals surface area contributed by atoms with Crippen molar-refractivity contribution in [2.75, 3.05) is 5.75 Å². The molecule has 2 aromatic carbocycles. The van der Waals surface area contributed by atoms with Crippen LogP contribution in [-0.4, -0.2) is 32.3 Å². The summed E-state index contributed by atoms with van der Waals surface area (Å²) in [6, 6.07) is 16.3. The summed E-state index contributed by atoms with van der Waals surface area (Å²) < 4.78 is 1.89. The van der Waals surface area contributed by atoms with E-state index in [0.717, 1.165) is 5.56 Å². The van der Waals surface area contributed by atoms with Crippen LogP contribution in [0.5, 0.6) is 0 Å². The summed E-state index contributed by atoms with van der Waals surface area (Å²) in [6.07, 6.45) is 2.41. The molecule has 1 atom stereocenters. The summed E-state index contributed by atoms with van der Waals surface area (Å²) in [4.78, 5) is 25.4. The molecule has 1 heterocycles. The predicted molar refractivity (Wildman–Crippen MR) is 140 cm³/mol. The van der Waals surface area contributed by atoms with Gasteiger partial charge in [-0.2, -0.15) is 0 Å². The quantitative estimate of drug-likeness (QED) is 0.262. The standard InChI is InChI=1S/C26H30ClN5O2S/c1-4-14-32-24(22(15-18(2)3)29-25(34)20-12-8-9-13-21(20)27)30-31-26(32)35-17-23(33)28-16-19-10-6-5-7-11-19/h4-13,18,22H,1,14-17H2,2-3H3,(H,28,33)(H,29,34)/t22-/m0/s1. The van der Waals surface area contributed by atoms with Crippen LogP contribution in [0.1, 0.15) is 48.1 Å². The fourth-order valence-corrected chi connectivity index (χ4v) is 4.53. The van der Waals surface area contributed by atoms with Gasteiger partial charge < -0.3 is 15.2 Å². The topological polar surface area (TPSA) is 88.9 Å². The molecule has 2 amide bonds. The molecule has 9 heteroatoms. The molecule has 0 unspecified atom stereocenters. The van der Waals surface area contributed by atoms with Crippen molar-refractivity contribution in [1.82, 2.24) is 25.4 Å². The van der Waals surface area contributed by atoms with Crippen molar-refractivity contribution >= 4 is 35.2 Å². The summed E-state index contributed by atoms with van der Waals surface area (Å²) in [5.41, 5.74) is 1.44. The van der Waals surface area contributed by atoms with Gasteiger partial charge in [-0.1, -0.05) is 85.8 Å². The van der Waals surface area contributed by atoms with Crippen molar-refractivity contribution in [3.8, 4) is 0 Å². The minimum Gasteiger partial charge on any atom is -0.351 e. The second-order valence-electron chi connectivity index (χ2n) is 8.43. The fourth-order valence-electron chi connectivity index (χ4n) is 3.52. The zero-order chi connectivity index (χ0) is 25.2. The van der Waals surface area contributed by atoms with Gasteiger partial charge in [-0.3, -0.25) is 9.59 Å². The Morgan fingerprint density at radius 2 is 1.83 bits per heavy atom. The van der Waals surface area contributed by atoms with Crippen LogP contribution < -0.4 is 10.6 Å². The van der Waals surface area contributed by atoms with Crippen LogP contribution >= 0.6 is 23.4 Å². The van der Waals surface area contributed by atoms with E-state index in [4.69, 9.17) is 11.6 Å². The van der Waals surface area contributed by atoms with Crippen molar-refractivity contribution in [1.29, 1.82) is 0 Å². The van der Waals surface area contributed by atoms with Crippen molar-refractivity contribution in [3.05, 3.63) is 89.2 Å². The highest BCUT2D eigenvalue weighted by Crippen LogP contribution is 2.26. The molecule has 35 heavy (non-hydrogen) atoms. The van der Waals surface area contributed by atoms with E-state index in [1.54, 1.807) is 30.3 Å². The predicted octanol–water partition coefficient (Wildman–Crippen LogP) is 5.04. The average molecular weight is 512 g/mol. The molecule has 2 N–H and O–H groups in total. The number of benzene rings is 2. The van der Waals surface area contributed by atoms with E-state index in [-0.39, 0.29) is 23.6 Å². The molecule has 0 bridgehead atoms. The summed E-state index contributed by atoms with van der Waals surface area (Å²) in [6.45, 7) is 8.92. The van der Waals surface area contributed by atoms with Gasteiger partial charge in [0.25, 0.3) is 5.91 Å². The molecule has 1 aromatic heterocycles.